The fourth-order valence-electron chi connectivity index (χ4n) is 3.54. The van der Waals surface area contributed by atoms with E-state index in [-0.39, 0.29) is 6.03 Å². The lowest BCUT2D eigenvalue weighted by atomic mass is 10.0. The van der Waals surface area contributed by atoms with E-state index in [0.717, 1.165) is 21.9 Å². The first-order chi connectivity index (χ1) is 13.8. The summed E-state index contributed by atoms with van der Waals surface area (Å²) in [7, 11) is -0.541. The molecule has 150 valence electrons. The highest BCUT2D eigenvalue weighted by molar-refractivity contribution is 7.94. The van der Waals surface area contributed by atoms with Crippen molar-refractivity contribution < 1.29 is 13.2 Å². The van der Waals surface area contributed by atoms with E-state index in [1.807, 2.05) is 49.4 Å². The van der Waals surface area contributed by atoms with Crippen LogP contribution >= 0.6 is 0 Å². The van der Waals surface area contributed by atoms with Gasteiger partial charge in [0.15, 0.2) is 0 Å². The number of nitrogens with zero attached hydrogens (tertiary/aromatic N) is 2. The van der Waals surface area contributed by atoms with Crippen molar-refractivity contribution in [3.05, 3.63) is 65.7 Å². The molecule has 0 saturated heterocycles. The number of aryl methyl sites for hydroxylation is 1. The second-order valence-corrected chi connectivity index (χ2v) is 9.04. The first-order valence-electron chi connectivity index (χ1n) is 9.18. The van der Waals surface area contributed by atoms with Crippen LogP contribution in [0.1, 0.15) is 11.1 Å². The van der Waals surface area contributed by atoms with Gasteiger partial charge >= 0.3 is 16.2 Å². The number of nitrogens with one attached hydrogen (secondary N) is 2. The van der Waals surface area contributed by atoms with Gasteiger partial charge in [0.05, 0.1) is 11.4 Å². The maximum Gasteiger partial charge on any atom is 0.326 e. The Morgan fingerprint density at radius 1 is 0.966 bits per heavy atom. The molecule has 2 amide bonds. The fourth-order valence-corrected chi connectivity index (χ4v) is 4.70. The maximum absolute atomic E-state index is 12.5. The van der Waals surface area contributed by atoms with E-state index in [1.165, 1.54) is 22.7 Å². The second kappa shape index (κ2) is 6.97. The molecule has 0 radical (unpaired) electrons. The largest absolute Gasteiger partial charge is 0.334 e. The van der Waals surface area contributed by atoms with Gasteiger partial charge in [0.1, 0.15) is 0 Å². The third-order valence-electron chi connectivity index (χ3n) is 5.26. The van der Waals surface area contributed by atoms with Crippen molar-refractivity contribution in [2.75, 3.05) is 28.0 Å². The molecule has 7 nitrogen and oxygen atoms in total. The lowest BCUT2D eigenvalue weighted by Gasteiger charge is -2.14. The van der Waals surface area contributed by atoms with Crippen molar-refractivity contribution in [2.45, 2.75) is 13.5 Å². The van der Waals surface area contributed by atoms with Crippen molar-refractivity contribution in [2.24, 2.45) is 0 Å². The molecule has 1 aliphatic heterocycles. The normalized spacial score (nSPS) is 14.7. The zero-order valence-electron chi connectivity index (χ0n) is 16.4. The van der Waals surface area contributed by atoms with E-state index in [1.54, 1.807) is 12.1 Å². The van der Waals surface area contributed by atoms with Crippen molar-refractivity contribution in [3.63, 3.8) is 0 Å². The van der Waals surface area contributed by atoms with Crippen molar-refractivity contribution >= 4 is 44.1 Å². The minimum absolute atomic E-state index is 0.349. The Kier molecular flexibility index (Phi) is 4.58. The standard InChI is InChI=1S/C21H22N4O3S/c1-14-11-19-20(25(3)29(27,28)24(19)2)12-18(14)23-21(26)22-13-16-9-6-8-15-7-4-5-10-17(15)16/h4-12H,13H2,1-3H3,(H2,22,23,26). The van der Waals surface area contributed by atoms with Crippen LogP contribution in [0.3, 0.4) is 0 Å². The summed E-state index contributed by atoms with van der Waals surface area (Å²) in [5.74, 6) is 0. The van der Waals surface area contributed by atoms with Crippen LogP contribution < -0.4 is 19.2 Å². The fraction of sp³-hybridized carbons (Fsp3) is 0.190. The molecule has 0 bridgehead atoms. The van der Waals surface area contributed by atoms with Gasteiger partial charge in [-0.1, -0.05) is 42.5 Å². The van der Waals surface area contributed by atoms with Crippen molar-refractivity contribution in [3.8, 4) is 0 Å². The number of hydrogen-bond donors (Lipinski definition) is 2. The smallest absolute Gasteiger partial charge is 0.326 e. The van der Waals surface area contributed by atoms with Gasteiger partial charge in [-0.25, -0.2) is 4.79 Å². The molecule has 0 aliphatic carbocycles. The van der Waals surface area contributed by atoms with Crippen LogP contribution in [0.5, 0.6) is 0 Å². The average molecular weight is 410 g/mol. The number of hydrogen-bond acceptors (Lipinski definition) is 3. The van der Waals surface area contributed by atoms with Crippen LogP contribution in [0.25, 0.3) is 10.8 Å². The van der Waals surface area contributed by atoms with E-state index >= 15 is 0 Å². The number of rotatable bonds is 3. The minimum Gasteiger partial charge on any atom is -0.334 e. The van der Waals surface area contributed by atoms with E-state index in [9.17, 15) is 13.2 Å². The highest BCUT2D eigenvalue weighted by Crippen LogP contribution is 2.41. The van der Waals surface area contributed by atoms with Gasteiger partial charge in [-0.15, -0.1) is 0 Å². The maximum atomic E-state index is 12.5. The van der Waals surface area contributed by atoms with Gasteiger partial charge in [-0.05, 0) is 41.0 Å². The summed E-state index contributed by atoms with van der Waals surface area (Å²) in [6, 6.07) is 17.1. The Bertz CT molecular complexity index is 1220. The van der Waals surface area contributed by atoms with E-state index in [4.69, 9.17) is 0 Å². The van der Waals surface area contributed by atoms with Crippen LogP contribution in [-0.4, -0.2) is 28.5 Å². The number of anilines is 3. The Hall–Kier alpha value is -3.26. The molecule has 1 heterocycles. The van der Waals surface area contributed by atoms with Gasteiger partial charge in [0.25, 0.3) is 0 Å². The van der Waals surface area contributed by atoms with Crippen LogP contribution in [0.4, 0.5) is 21.9 Å². The molecule has 29 heavy (non-hydrogen) atoms. The Morgan fingerprint density at radius 3 is 2.38 bits per heavy atom. The van der Waals surface area contributed by atoms with Crippen LogP contribution in [-0.2, 0) is 16.8 Å². The Labute approximate surface area is 170 Å². The van der Waals surface area contributed by atoms with Gasteiger partial charge in [-0.3, -0.25) is 8.61 Å². The highest BCUT2D eigenvalue weighted by atomic mass is 32.2. The average Bonchev–Trinajstić information content (AvgIpc) is 2.87. The predicted octanol–water partition coefficient (Wildman–Crippen LogP) is 3.60. The molecule has 0 spiro atoms. The number of urea groups is 1. The molecule has 1 aliphatic rings. The van der Waals surface area contributed by atoms with E-state index in [0.29, 0.717) is 23.6 Å². The molecule has 3 aromatic carbocycles. The molecule has 0 fully saturated rings. The molecular weight excluding hydrogens is 388 g/mol. The first kappa shape index (κ1) is 19.1. The van der Waals surface area contributed by atoms with E-state index in [2.05, 4.69) is 10.6 Å². The molecule has 3 aromatic rings. The van der Waals surface area contributed by atoms with Crippen LogP contribution in [0, 0.1) is 6.92 Å². The number of carbonyl (C=O) groups excluding carboxylic acids is 1. The summed E-state index contributed by atoms with van der Waals surface area (Å²) in [5, 5.41) is 7.93. The first-order valence-corrected chi connectivity index (χ1v) is 10.6. The zero-order valence-corrected chi connectivity index (χ0v) is 17.2. The summed E-state index contributed by atoms with van der Waals surface area (Å²) in [6.45, 7) is 2.22. The number of carbonyl (C=O) groups is 1. The summed E-state index contributed by atoms with van der Waals surface area (Å²) in [6.07, 6.45) is 0. The Balaban J connectivity index is 1.52. The molecule has 0 saturated carbocycles. The molecule has 0 unspecified atom stereocenters. The van der Waals surface area contributed by atoms with Gasteiger partial charge < -0.3 is 10.6 Å². The van der Waals surface area contributed by atoms with Gasteiger partial charge in [0.2, 0.25) is 0 Å². The van der Waals surface area contributed by atoms with Crippen molar-refractivity contribution in [1.29, 1.82) is 0 Å². The summed E-state index contributed by atoms with van der Waals surface area (Å²) < 4.78 is 27.1. The molecule has 2 N–H and O–H groups in total. The topological polar surface area (TPSA) is 81.8 Å². The lowest BCUT2D eigenvalue weighted by molar-refractivity contribution is 0.252. The number of benzene rings is 3. The molecule has 8 heteroatoms. The predicted molar refractivity (Wildman–Crippen MR) is 117 cm³/mol. The SMILES string of the molecule is Cc1cc2c(cc1NC(=O)NCc1cccc3ccccc13)N(C)S(=O)(=O)N2C. The minimum atomic E-state index is -3.55. The van der Waals surface area contributed by atoms with Gasteiger partial charge in [-0.2, -0.15) is 8.42 Å². The van der Waals surface area contributed by atoms with Crippen LogP contribution in [0.15, 0.2) is 54.6 Å². The Morgan fingerprint density at radius 2 is 1.62 bits per heavy atom. The third kappa shape index (κ3) is 3.25. The quantitative estimate of drug-likeness (QED) is 0.692. The number of amides is 2. The monoisotopic (exact) mass is 410 g/mol. The van der Waals surface area contributed by atoms with Crippen molar-refractivity contribution in [1.82, 2.24) is 5.32 Å². The zero-order chi connectivity index (χ0) is 20.8. The molecular formula is C21H22N4O3S. The van der Waals surface area contributed by atoms with E-state index < -0.39 is 10.2 Å². The van der Waals surface area contributed by atoms with Crippen LogP contribution in [0.2, 0.25) is 0 Å². The summed E-state index contributed by atoms with van der Waals surface area (Å²) in [5.41, 5.74) is 3.49. The highest BCUT2D eigenvalue weighted by Gasteiger charge is 2.36. The van der Waals surface area contributed by atoms with Gasteiger partial charge in [0, 0.05) is 26.3 Å². The number of fused-ring (bicyclic) bond motifs is 2. The second-order valence-electron chi connectivity index (χ2n) is 7.04. The third-order valence-corrected chi connectivity index (χ3v) is 7.04. The molecule has 4 rings (SSSR count). The summed E-state index contributed by atoms with van der Waals surface area (Å²) >= 11 is 0. The lowest BCUT2D eigenvalue weighted by Crippen LogP contribution is -2.32. The molecule has 0 atom stereocenters. The molecule has 0 aromatic heterocycles. The summed E-state index contributed by atoms with van der Waals surface area (Å²) in [4.78, 5) is 12.5.